The summed E-state index contributed by atoms with van der Waals surface area (Å²) < 4.78 is 12.9. The van der Waals surface area contributed by atoms with E-state index < -0.39 is 11.9 Å². The summed E-state index contributed by atoms with van der Waals surface area (Å²) in [7, 11) is 0. The minimum absolute atomic E-state index is 0.0439. The van der Waals surface area contributed by atoms with Crippen molar-refractivity contribution in [1.82, 2.24) is 25.4 Å². The van der Waals surface area contributed by atoms with Gasteiger partial charge in [-0.05, 0) is 36.4 Å². The van der Waals surface area contributed by atoms with E-state index in [2.05, 4.69) is 20.8 Å². The van der Waals surface area contributed by atoms with E-state index in [0.717, 1.165) is 30.2 Å². The summed E-state index contributed by atoms with van der Waals surface area (Å²) in [6, 6.07) is 6.85. The number of urea groups is 1. The second-order valence-corrected chi connectivity index (χ2v) is 8.52. The Balaban J connectivity index is 1.35. The molecule has 3 aromatic heterocycles. The molecule has 0 aliphatic carbocycles. The smallest absolute Gasteiger partial charge is 0.321 e. The molecule has 0 spiro atoms. The van der Waals surface area contributed by atoms with Crippen LogP contribution in [0.3, 0.4) is 0 Å². The topological polar surface area (TPSA) is 111 Å². The molecule has 1 aliphatic heterocycles. The van der Waals surface area contributed by atoms with Crippen LogP contribution in [-0.2, 0) is 22.6 Å². The lowest BCUT2D eigenvalue weighted by atomic mass is 10.2. The third-order valence-corrected chi connectivity index (χ3v) is 6.29. The maximum absolute atomic E-state index is 12.2. The van der Waals surface area contributed by atoms with Crippen LogP contribution < -0.4 is 10.6 Å². The molecule has 4 rings (SSSR count). The highest BCUT2D eigenvalue weighted by molar-refractivity contribution is 7.99. The molecule has 158 valence electrons. The van der Waals surface area contributed by atoms with Gasteiger partial charge in [-0.1, -0.05) is 17.8 Å². The molecule has 3 aromatic rings. The number of nitrogens with one attached hydrogen (secondary N) is 2. The van der Waals surface area contributed by atoms with E-state index in [1.54, 1.807) is 23.5 Å². The van der Waals surface area contributed by atoms with Crippen LogP contribution in [0.5, 0.6) is 0 Å². The first kappa shape index (κ1) is 20.6. The van der Waals surface area contributed by atoms with E-state index in [0.29, 0.717) is 17.5 Å². The predicted molar refractivity (Wildman–Crippen MR) is 112 cm³/mol. The minimum atomic E-state index is -0.572. The molecule has 11 heteroatoms. The molecule has 0 radical (unpaired) electrons. The van der Waals surface area contributed by atoms with Gasteiger partial charge >= 0.3 is 6.03 Å². The van der Waals surface area contributed by atoms with Crippen molar-refractivity contribution >= 4 is 35.0 Å². The summed E-state index contributed by atoms with van der Waals surface area (Å²) >= 11 is 2.83. The Morgan fingerprint density at radius 3 is 2.97 bits per heavy atom. The number of carbonyl (C=O) groups is 2. The number of thiophene rings is 1. The molecule has 0 bridgehead atoms. The zero-order valence-electron chi connectivity index (χ0n) is 16.1. The average molecular weight is 448 g/mol. The maximum Gasteiger partial charge on any atom is 0.321 e. The Morgan fingerprint density at radius 1 is 1.30 bits per heavy atom. The van der Waals surface area contributed by atoms with Crippen molar-refractivity contribution in [3.63, 3.8) is 0 Å². The van der Waals surface area contributed by atoms with E-state index in [9.17, 15) is 9.59 Å². The maximum atomic E-state index is 12.2. The summed E-state index contributed by atoms with van der Waals surface area (Å²) in [6.45, 7) is 1.60. The van der Waals surface area contributed by atoms with Gasteiger partial charge in [0.25, 0.3) is 0 Å². The number of hydrogen-bond acceptors (Lipinski definition) is 8. The zero-order chi connectivity index (χ0) is 20.8. The van der Waals surface area contributed by atoms with Gasteiger partial charge in [-0.25, -0.2) is 4.79 Å². The molecule has 1 saturated heterocycles. The Labute approximate surface area is 181 Å². The van der Waals surface area contributed by atoms with Gasteiger partial charge in [0.15, 0.2) is 11.0 Å². The van der Waals surface area contributed by atoms with Gasteiger partial charge in [0.2, 0.25) is 5.91 Å². The largest absolute Gasteiger partial charge is 0.467 e. The molecule has 1 unspecified atom stereocenters. The van der Waals surface area contributed by atoms with Crippen molar-refractivity contribution in [2.75, 3.05) is 12.4 Å². The highest BCUT2D eigenvalue weighted by Gasteiger charge is 2.22. The van der Waals surface area contributed by atoms with Crippen LogP contribution in [0.25, 0.3) is 10.7 Å². The molecular weight excluding hydrogens is 426 g/mol. The minimum Gasteiger partial charge on any atom is -0.467 e. The van der Waals surface area contributed by atoms with Gasteiger partial charge in [-0.3, -0.25) is 14.7 Å². The van der Waals surface area contributed by atoms with Crippen LogP contribution in [0.15, 0.2) is 45.5 Å². The van der Waals surface area contributed by atoms with Gasteiger partial charge in [0.1, 0.15) is 5.76 Å². The first-order valence-corrected chi connectivity index (χ1v) is 11.4. The second-order valence-electron chi connectivity index (χ2n) is 6.63. The van der Waals surface area contributed by atoms with Gasteiger partial charge in [-0.15, -0.1) is 21.5 Å². The summed E-state index contributed by atoms with van der Waals surface area (Å²) in [4.78, 5) is 25.1. The van der Waals surface area contributed by atoms with Gasteiger partial charge < -0.3 is 14.5 Å². The molecule has 9 nitrogen and oxygen atoms in total. The van der Waals surface area contributed by atoms with Crippen molar-refractivity contribution in [2.45, 2.75) is 37.2 Å². The van der Waals surface area contributed by atoms with Crippen molar-refractivity contribution in [3.05, 3.63) is 41.7 Å². The van der Waals surface area contributed by atoms with Crippen LogP contribution in [0, 0.1) is 0 Å². The molecule has 4 heterocycles. The van der Waals surface area contributed by atoms with Crippen LogP contribution >= 0.6 is 23.1 Å². The molecule has 2 N–H and O–H groups in total. The standard InChI is InChI=1S/C19H21N5O4S2/c25-16(21-18(26)20-10-13-4-1-7-27-13)12-30-19-23-22-17(15-6-3-9-29-15)24(19)11-14-5-2-8-28-14/h1,3-4,6-7,9,14H,2,5,8,10-12H2,(H2,20,21,25,26). The fraction of sp³-hybridized carbons (Fsp3) is 0.368. The lowest BCUT2D eigenvalue weighted by molar-refractivity contribution is -0.117. The van der Waals surface area contributed by atoms with Crippen LogP contribution in [0.1, 0.15) is 18.6 Å². The van der Waals surface area contributed by atoms with E-state index in [1.165, 1.54) is 18.0 Å². The average Bonchev–Trinajstić information content (AvgIpc) is 3.54. The fourth-order valence-corrected chi connectivity index (χ4v) is 4.52. The molecule has 0 aromatic carbocycles. The van der Waals surface area contributed by atoms with Gasteiger partial charge in [-0.2, -0.15) is 0 Å². The second kappa shape index (κ2) is 9.92. The molecule has 0 saturated carbocycles. The number of carbonyl (C=O) groups excluding carboxylic acids is 2. The van der Waals surface area contributed by atoms with Crippen molar-refractivity contribution in [1.29, 1.82) is 0 Å². The Morgan fingerprint density at radius 2 is 2.23 bits per heavy atom. The summed E-state index contributed by atoms with van der Waals surface area (Å²) in [5, 5.41) is 16.1. The Kier molecular flexibility index (Phi) is 6.82. The number of aromatic nitrogens is 3. The van der Waals surface area contributed by atoms with Gasteiger partial charge in [0.05, 0.1) is 36.1 Å². The summed E-state index contributed by atoms with van der Waals surface area (Å²) in [6.07, 6.45) is 3.66. The molecule has 1 aliphatic rings. The van der Waals surface area contributed by atoms with E-state index in [1.807, 2.05) is 22.1 Å². The molecule has 30 heavy (non-hydrogen) atoms. The first-order chi connectivity index (χ1) is 14.7. The van der Waals surface area contributed by atoms with Crippen LogP contribution in [-0.4, -0.2) is 45.2 Å². The number of furan rings is 1. The molecular formula is C19H21N5O4S2. The van der Waals surface area contributed by atoms with E-state index >= 15 is 0 Å². The fourth-order valence-electron chi connectivity index (χ4n) is 3.06. The highest BCUT2D eigenvalue weighted by atomic mass is 32.2. The molecule has 1 fully saturated rings. The van der Waals surface area contributed by atoms with Crippen molar-refractivity contribution in [3.8, 4) is 10.7 Å². The van der Waals surface area contributed by atoms with Gasteiger partial charge in [0, 0.05) is 6.61 Å². The quantitative estimate of drug-likeness (QED) is 0.511. The zero-order valence-corrected chi connectivity index (χ0v) is 17.7. The van der Waals surface area contributed by atoms with Crippen molar-refractivity contribution < 1.29 is 18.7 Å². The summed E-state index contributed by atoms with van der Waals surface area (Å²) in [5.74, 6) is 0.999. The number of thioether (sulfide) groups is 1. The normalized spacial score (nSPS) is 15.9. The monoisotopic (exact) mass is 447 g/mol. The summed E-state index contributed by atoms with van der Waals surface area (Å²) in [5.41, 5.74) is 0. The van der Waals surface area contributed by atoms with E-state index in [4.69, 9.17) is 9.15 Å². The SMILES string of the molecule is O=C(CSc1nnc(-c2cccs2)n1CC1CCCO1)NC(=O)NCc1ccco1. The highest BCUT2D eigenvalue weighted by Crippen LogP contribution is 2.29. The molecule has 1 atom stereocenters. The lowest BCUT2D eigenvalue weighted by Crippen LogP contribution is -2.39. The number of nitrogens with zero attached hydrogens (tertiary/aromatic N) is 3. The predicted octanol–water partition coefficient (Wildman–Crippen LogP) is 2.90. The first-order valence-electron chi connectivity index (χ1n) is 9.50. The van der Waals surface area contributed by atoms with Crippen LogP contribution in [0.4, 0.5) is 4.79 Å². The third-order valence-electron chi connectivity index (χ3n) is 4.46. The third kappa shape index (κ3) is 5.29. The van der Waals surface area contributed by atoms with Crippen LogP contribution in [0.2, 0.25) is 0 Å². The Hall–Kier alpha value is -2.63. The van der Waals surface area contributed by atoms with E-state index in [-0.39, 0.29) is 18.4 Å². The van der Waals surface area contributed by atoms with Crippen molar-refractivity contribution in [2.24, 2.45) is 0 Å². The number of rotatable bonds is 8. The number of amides is 3. The lowest BCUT2D eigenvalue weighted by Gasteiger charge is -2.14. The number of ether oxygens (including phenoxy) is 1. The number of imide groups is 1. The Bertz CT molecular complexity index is 965. The molecule has 3 amide bonds. The number of hydrogen-bond donors (Lipinski definition) is 2.